The highest BCUT2D eigenvalue weighted by atomic mass is 32.2. The van der Waals surface area contributed by atoms with Gasteiger partial charge in [-0.15, -0.1) is 5.10 Å². The fraction of sp³-hybridized carbons (Fsp3) is 0.125. The van der Waals surface area contributed by atoms with Crippen molar-refractivity contribution >= 4 is 52.4 Å². The molecule has 1 aliphatic rings. The first-order chi connectivity index (χ1) is 20.9. The van der Waals surface area contributed by atoms with Crippen LogP contribution >= 0.6 is 11.8 Å². The second kappa shape index (κ2) is 13.7. The van der Waals surface area contributed by atoms with Gasteiger partial charge in [0, 0.05) is 31.0 Å². The van der Waals surface area contributed by atoms with Crippen LogP contribution in [0.25, 0.3) is 6.08 Å². The zero-order valence-corrected chi connectivity index (χ0v) is 24.3. The van der Waals surface area contributed by atoms with Crippen LogP contribution in [0.2, 0.25) is 0 Å². The van der Waals surface area contributed by atoms with Crippen LogP contribution in [0.5, 0.6) is 5.75 Å². The molecule has 3 aromatic carbocycles. The normalized spacial score (nSPS) is 15.0. The molecule has 1 saturated heterocycles. The first kappa shape index (κ1) is 29.3. The standard InChI is InChI=1S/C32H28FN5O4S/c1-37(2)26-15-9-22(10-16-26)19-34-36-32-38(20-27-7-5-17-41-27)31(40)29(43-32)18-23-6-3-4-8-28(23)42-21-30(39)35-25-13-11-24(33)12-14-25/h3-19H,20-21H2,1-2H3,(H,35,39)/b29-18-,34-19+,36-32-. The molecule has 43 heavy (non-hydrogen) atoms. The molecule has 0 saturated carbocycles. The average molecular weight is 598 g/mol. The van der Waals surface area contributed by atoms with E-state index in [4.69, 9.17) is 9.15 Å². The molecule has 1 N–H and O–H groups in total. The molecule has 1 aliphatic heterocycles. The number of hydrogen-bond acceptors (Lipinski definition) is 8. The molecular weight excluding hydrogens is 569 g/mol. The van der Waals surface area contributed by atoms with E-state index in [0.717, 1.165) is 11.3 Å². The highest BCUT2D eigenvalue weighted by Crippen LogP contribution is 2.35. The molecule has 218 valence electrons. The second-order valence-electron chi connectivity index (χ2n) is 9.58. The molecule has 5 rings (SSSR count). The van der Waals surface area contributed by atoms with Gasteiger partial charge in [0.15, 0.2) is 11.8 Å². The first-order valence-corrected chi connectivity index (χ1v) is 14.1. The minimum Gasteiger partial charge on any atom is -0.483 e. The Morgan fingerprint density at radius 3 is 2.53 bits per heavy atom. The largest absolute Gasteiger partial charge is 0.483 e. The van der Waals surface area contributed by atoms with E-state index >= 15 is 0 Å². The van der Waals surface area contributed by atoms with Gasteiger partial charge in [-0.2, -0.15) is 5.10 Å². The van der Waals surface area contributed by atoms with Crippen molar-refractivity contribution in [2.24, 2.45) is 10.2 Å². The molecule has 0 atom stereocenters. The van der Waals surface area contributed by atoms with E-state index in [1.54, 1.807) is 48.9 Å². The fourth-order valence-electron chi connectivity index (χ4n) is 4.03. The van der Waals surface area contributed by atoms with E-state index in [0.29, 0.717) is 32.8 Å². The number of amides is 2. The van der Waals surface area contributed by atoms with Crippen LogP contribution in [0, 0.1) is 5.82 Å². The van der Waals surface area contributed by atoms with Gasteiger partial charge in [0.05, 0.1) is 23.9 Å². The predicted molar refractivity (Wildman–Crippen MR) is 168 cm³/mol. The minimum atomic E-state index is -0.409. The van der Waals surface area contributed by atoms with Crippen LogP contribution < -0.4 is 15.0 Å². The highest BCUT2D eigenvalue weighted by Gasteiger charge is 2.34. The molecule has 4 aromatic rings. The van der Waals surface area contributed by atoms with Crippen LogP contribution in [-0.4, -0.2) is 48.8 Å². The summed E-state index contributed by atoms with van der Waals surface area (Å²) in [5.41, 5.74) is 3.00. The van der Waals surface area contributed by atoms with E-state index in [9.17, 15) is 14.0 Å². The Kier molecular flexibility index (Phi) is 9.33. The molecule has 2 heterocycles. The molecule has 0 aliphatic carbocycles. The second-order valence-corrected chi connectivity index (χ2v) is 10.6. The number of para-hydroxylation sites is 1. The summed E-state index contributed by atoms with van der Waals surface area (Å²) in [5.74, 6) is -0.0572. The van der Waals surface area contributed by atoms with Crippen molar-refractivity contribution in [3.8, 4) is 5.75 Å². The van der Waals surface area contributed by atoms with Gasteiger partial charge in [0.2, 0.25) is 0 Å². The monoisotopic (exact) mass is 597 g/mol. The van der Waals surface area contributed by atoms with E-state index in [1.165, 1.54) is 40.9 Å². The third-order valence-corrected chi connectivity index (χ3v) is 7.23. The van der Waals surface area contributed by atoms with Crippen molar-refractivity contribution in [2.45, 2.75) is 6.54 Å². The van der Waals surface area contributed by atoms with E-state index in [2.05, 4.69) is 15.5 Å². The predicted octanol–water partition coefficient (Wildman–Crippen LogP) is 6.01. The Bertz CT molecular complexity index is 1670. The number of amidine groups is 1. The molecule has 0 bridgehead atoms. The maximum Gasteiger partial charge on any atom is 0.267 e. The van der Waals surface area contributed by atoms with Crippen LogP contribution in [0.3, 0.4) is 0 Å². The summed E-state index contributed by atoms with van der Waals surface area (Å²) in [6, 6.07) is 23.9. The molecule has 0 radical (unpaired) electrons. The highest BCUT2D eigenvalue weighted by molar-refractivity contribution is 8.18. The topological polar surface area (TPSA) is 99.7 Å². The third kappa shape index (κ3) is 7.77. The minimum absolute atomic E-state index is 0.184. The number of ether oxygens (including phenoxy) is 1. The average Bonchev–Trinajstić information content (AvgIpc) is 3.62. The van der Waals surface area contributed by atoms with Crippen molar-refractivity contribution in [2.75, 3.05) is 30.9 Å². The number of hydrogen-bond donors (Lipinski definition) is 1. The van der Waals surface area contributed by atoms with E-state index in [-0.39, 0.29) is 19.1 Å². The first-order valence-electron chi connectivity index (χ1n) is 13.2. The Morgan fingerprint density at radius 1 is 1.05 bits per heavy atom. The van der Waals surface area contributed by atoms with E-state index in [1.807, 2.05) is 49.3 Å². The quantitative estimate of drug-likeness (QED) is 0.137. The number of rotatable bonds is 10. The maximum atomic E-state index is 13.5. The Hall–Kier alpha value is -5.16. The van der Waals surface area contributed by atoms with Crippen LogP contribution in [0.1, 0.15) is 16.9 Å². The summed E-state index contributed by atoms with van der Waals surface area (Å²) < 4.78 is 24.4. The molecule has 1 fully saturated rings. The van der Waals surface area contributed by atoms with Crippen molar-refractivity contribution in [1.82, 2.24) is 4.90 Å². The lowest BCUT2D eigenvalue weighted by Gasteiger charge is -2.13. The van der Waals surface area contributed by atoms with Gasteiger partial charge in [-0.3, -0.25) is 14.5 Å². The van der Waals surface area contributed by atoms with Crippen LogP contribution in [0.15, 0.2) is 111 Å². The summed E-state index contributed by atoms with van der Waals surface area (Å²) in [5, 5.41) is 11.7. The maximum absolute atomic E-state index is 13.5. The van der Waals surface area contributed by atoms with Gasteiger partial charge in [-0.05, 0) is 78.0 Å². The SMILES string of the molecule is CN(C)c1ccc(/C=N/N=C2\S/C(=C\c3ccccc3OCC(=O)Nc3ccc(F)cc3)C(=O)N2Cc2ccco2)cc1. The lowest BCUT2D eigenvalue weighted by Crippen LogP contribution is -2.28. The molecule has 11 heteroatoms. The number of nitrogens with one attached hydrogen (secondary N) is 1. The van der Waals surface area contributed by atoms with Crippen molar-refractivity contribution in [3.05, 3.63) is 119 Å². The van der Waals surface area contributed by atoms with E-state index < -0.39 is 11.7 Å². The summed E-state index contributed by atoms with van der Waals surface area (Å²) >= 11 is 1.18. The lowest BCUT2D eigenvalue weighted by atomic mass is 10.2. The lowest BCUT2D eigenvalue weighted by molar-refractivity contribution is -0.122. The summed E-state index contributed by atoms with van der Waals surface area (Å²) in [4.78, 5) is 29.8. The van der Waals surface area contributed by atoms with Gasteiger partial charge in [0.1, 0.15) is 17.3 Å². The van der Waals surface area contributed by atoms with Gasteiger partial charge < -0.3 is 19.4 Å². The van der Waals surface area contributed by atoms with Crippen molar-refractivity contribution < 1.29 is 23.1 Å². The van der Waals surface area contributed by atoms with Crippen LogP contribution in [-0.2, 0) is 16.1 Å². The number of benzene rings is 3. The number of thioether (sulfide) groups is 1. The molecule has 0 unspecified atom stereocenters. The molecule has 0 spiro atoms. The Morgan fingerprint density at radius 2 is 1.81 bits per heavy atom. The zero-order valence-electron chi connectivity index (χ0n) is 23.4. The van der Waals surface area contributed by atoms with Crippen molar-refractivity contribution in [3.63, 3.8) is 0 Å². The third-order valence-electron chi connectivity index (χ3n) is 6.23. The number of anilines is 2. The van der Waals surface area contributed by atoms with Crippen LogP contribution in [0.4, 0.5) is 15.8 Å². The fourth-order valence-corrected chi connectivity index (χ4v) is 4.96. The molecular formula is C32H28FN5O4S. The number of nitrogens with zero attached hydrogens (tertiary/aromatic N) is 4. The van der Waals surface area contributed by atoms with Crippen molar-refractivity contribution in [1.29, 1.82) is 0 Å². The van der Waals surface area contributed by atoms with Gasteiger partial charge in [0.25, 0.3) is 11.8 Å². The molecule has 9 nitrogen and oxygen atoms in total. The summed E-state index contributed by atoms with van der Waals surface area (Å²) in [6.45, 7) is -0.0933. The number of furan rings is 1. The smallest absolute Gasteiger partial charge is 0.267 e. The number of carbonyl (C=O) groups excluding carboxylic acids is 2. The van der Waals surface area contributed by atoms with Gasteiger partial charge in [-0.1, -0.05) is 30.3 Å². The van der Waals surface area contributed by atoms with Gasteiger partial charge in [-0.25, -0.2) is 4.39 Å². The summed E-state index contributed by atoms with van der Waals surface area (Å²) in [6.07, 6.45) is 4.87. The molecule has 1 aromatic heterocycles. The molecule has 2 amide bonds. The van der Waals surface area contributed by atoms with Gasteiger partial charge >= 0.3 is 0 Å². The number of halogens is 1. The Balaban J connectivity index is 1.33. The Labute approximate surface area is 252 Å². The zero-order chi connectivity index (χ0) is 30.2. The summed E-state index contributed by atoms with van der Waals surface area (Å²) in [7, 11) is 3.94. The number of carbonyl (C=O) groups is 2.